The van der Waals surface area contributed by atoms with Crippen molar-refractivity contribution in [2.75, 3.05) is 59.5 Å². The highest BCUT2D eigenvalue weighted by Crippen LogP contribution is 2.33. The molecule has 0 aromatic rings. The smallest absolute Gasteiger partial charge is 0.239 e. The molecular formula is C23H44IN5O2. The van der Waals surface area contributed by atoms with Crippen molar-refractivity contribution < 1.29 is 9.53 Å². The van der Waals surface area contributed by atoms with Gasteiger partial charge < -0.3 is 19.9 Å². The Morgan fingerprint density at radius 3 is 2.29 bits per heavy atom. The zero-order valence-corrected chi connectivity index (χ0v) is 22.6. The van der Waals surface area contributed by atoms with Crippen molar-refractivity contribution in [1.82, 2.24) is 20.0 Å². The molecular weight excluding hydrogens is 505 g/mol. The van der Waals surface area contributed by atoms with Gasteiger partial charge in [0.15, 0.2) is 5.96 Å². The van der Waals surface area contributed by atoms with Crippen molar-refractivity contribution in [3.8, 4) is 0 Å². The van der Waals surface area contributed by atoms with Crippen molar-refractivity contribution in [3.05, 3.63) is 0 Å². The first-order valence-electron chi connectivity index (χ1n) is 11.9. The molecule has 7 nitrogen and oxygen atoms in total. The van der Waals surface area contributed by atoms with Gasteiger partial charge in [0.2, 0.25) is 5.91 Å². The number of aliphatic imine (C=N–C) groups is 1. The standard InChI is InChI=1S/C23H43N5O2.HI/c1-18(21(29)27-10-6-7-11-27)26-12-14-28(15-13-26)22(24-5)25-17-19-9-8-16-30-20(19)23(2,3)4;/h18-20H,6-17H2,1-5H3,(H,24,25);1H. The van der Waals surface area contributed by atoms with Gasteiger partial charge in [0.1, 0.15) is 0 Å². The first-order valence-corrected chi connectivity index (χ1v) is 11.9. The van der Waals surface area contributed by atoms with Crippen LogP contribution in [0.1, 0.15) is 53.4 Å². The van der Waals surface area contributed by atoms with Gasteiger partial charge in [-0.1, -0.05) is 20.8 Å². The van der Waals surface area contributed by atoms with Crippen LogP contribution in [-0.2, 0) is 9.53 Å². The van der Waals surface area contributed by atoms with Crippen molar-refractivity contribution in [3.63, 3.8) is 0 Å². The van der Waals surface area contributed by atoms with Gasteiger partial charge in [-0.3, -0.25) is 14.7 Å². The number of hydrogen-bond acceptors (Lipinski definition) is 4. The van der Waals surface area contributed by atoms with Crippen LogP contribution in [0.25, 0.3) is 0 Å². The Labute approximate surface area is 206 Å². The topological polar surface area (TPSA) is 60.4 Å². The van der Waals surface area contributed by atoms with E-state index in [1.165, 1.54) is 6.42 Å². The van der Waals surface area contributed by atoms with Gasteiger partial charge in [0.05, 0.1) is 12.1 Å². The molecule has 3 rings (SSSR count). The van der Waals surface area contributed by atoms with E-state index >= 15 is 0 Å². The van der Waals surface area contributed by atoms with Crippen molar-refractivity contribution >= 4 is 35.8 Å². The van der Waals surface area contributed by atoms with Crippen molar-refractivity contribution in [2.24, 2.45) is 16.3 Å². The predicted molar refractivity (Wildman–Crippen MR) is 137 cm³/mol. The van der Waals surface area contributed by atoms with Gasteiger partial charge in [0, 0.05) is 65.4 Å². The van der Waals surface area contributed by atoms with Gasteiger partial charge in [0.25, 0.3) is 0 Å². The third-order valence-electron chi connectivity index (χ3n) is 6.97. The maximum absolute atomic E-state index is 12.7. The highest BCUT2D eigenvalue weighted by atomic mass is 127. The number of rotatable bonds is 4. The highest BCUT2D eigenvalue weighted by molar-refractivity contribution is 14.0. The maximum atomic E-state index is 12.7. The van der Waals surface area contributed by atoms with Gasteiger partial charge >= 0.3 is 0 Å². The molecule has 0 aromatic heterocycles. The summed E-state index contributed by atoms with van der Waals surface area (Å²) in [6.07, 6.45) is 4.92. The average molecular weight is 550 g/mol. The number of halogens is 1. The third kappa shape index (κ3) is 6.93. The Hall–Kier alpha value is -0.610. The zero-order valence-electron chi connectivity index (χ0n) is 20.2. The number of carbonyl (C=O) groups is 1. The summed E-state index contributed by atoms with van der Waals surface area (Å²) in [5, 5.41) is 3.62. The van der Waals surface area contributed by atoms with Crippen LogP contribution in [-0.4, -0.2) is 98.2 Å². The number of ether oxygens (including phenoxy) is 1. The number of amides is 1. The van der Waals surface area contributed by atoms with Gasteiger partial charge in [-0.2, -0.15) is 0 Å². The fourth-order valence-corrected chi connectivity index (χ4v) is 5.24. The second-order valence-electron chi connectivity index (χ2n) is 10.2. The summed E-state index contributed by atoms with van der Waals surface area (Å²) in [4.78, 5) is 24.0. The van der Waals surface area contributed by atoms with Gasteiger partial charge in [-0.05, 0) is 38.0 Å². The van der Waals surface area contributed by atoms with Crippen LogP contribution in [0.2, 0.25) is 0 Å². The minimum Gasteiger partial charge on any atom is -0.377 e. The second-order valence-corrected chi connectivity index (χ2v) is 10.2. The van der Waals surface area contributed by atoms with E-state index in [-0.39, 0.29) is 41.5 Å². The molecule has 0 aromatic carbocycles. The van der Waals surface area contributed by atoms with E-state index in [0.717, 1.165) is 77.6 Å². The largest absolute Gasteiger partial charge is 0.377 e. The molecule has 3 aliphatic rings. The maximum Gasteiger partial charge on any atom is 0.239 e. The lowest BCUT2D eigenvalue weighted by Crippen LogP contribution is -2.57. The quantitative estimate of drug-likeness (QED) is 0.332. The lowest BCUT2D eigenvalue weighted by molar-refractivity contribution is -0.135. The molecule has 8 heteroatoms. The van der Waals surface area contributed by atoms with Crippen LogP contribution < -0.4 is 5.32 Å². The van der Waals surface area contributed by atoms with Crippen molar-refractivity contribution in [2.45, 2.75) is 65.5 Å². The summed E-state index contributed by atoms with van der Waals surface area (Å²) in [6, 6.07) is -0.0212. The molecule has 3 aliphatic heterocycles. The molecule has 3 saturated heterocycles. The minimum absolute atomic E-state index is 0. The van der Waals surface area contributed by atoms with E-state index in [1.54, 1.807) is 0 Å². The van der Waals surface area contributed by atoms with E-state index in [9.17, 15) is 4.79 Å². The summed E-state index contributed by atoms with van der Waals surface area (Å²) in [5.74, 6) is 1.79. The van der Waals surface area contributed by atoms with Crippen LogP contribution in [0.5, 0.6) is 0 Å². The van der Waals surface area contributed by atoms with Crippen LogP contribution in [0.3, 0.4) is 0 Å². The summed E-state index contributed by atoms with van der Waals surface area (Å²) in [7, 11) is 1.87. The predicted octanol–water partition coefficient (Wildman–Crippen LogP) is 2.65. The Morgan fingerprint density at radius 2 is 1.71 bits per heavy atom. The second kappa shape index (κ2) is 12.0. The SMILES string of the molecule is CN=C(NCC1CCCOC1C(C)(C)C)N1CCN(C(C)C(=O)N2CCCC2)CC1.I. The Morgan fingerprint density at radius 1 is 1.06 bits per heavy atom. The molecule has 0 spiro atoms. The molecule has 1 N–H and O–H groups in total. The number of hydrogen-bond donors (Lipinski definition) is 1. The first-order chi connectivity index (χ1) is 14.3. The number of guanidine groups is 1. The average Bonchev–Trinajstić information content (AvgIpc) is 3.28. The molecule has 3 atom stereocenters. The van der Waals surface area contributed by atoms with E-state index in [2.05, 4.69) is 47.8 Å². The van der Waals surface area contributed by atoms with E-state index in [1.807, 2.05) is 11.9 Å². The molecule has 1 amide bonds. The molecule has 0 radical (unpaired) electrons. The summed E-state index contributed by atoms with van der Waals surface area (Å²) < 4.78 is 6.14. The number of nitrogens with one attached hydrogen (secondary N) is 1. The molecule has 0 saturated carbocycles. The molecule has 31 heavy (non-hydrogen) atoms. The van der Waals surface area contributed by atoms with Crippen LogP contribution in [0.15, 0.2) is 4.99 Å². The fourth-order valence-electron chi connectivity index (χ4n) is 5.24. The molecule has 3 unspecified atom stereocenters. The number of likely N-dealkylation sites (tertiary alicyclic amines) is 1. The molecule has 3 fully saturated rings. The molecule has 3 heterocycles. The summed E-state index contributed by atoms with van der Waals surface area (Å²) in [6.45, 7) is 16.1. The van der Waals surface area contributed by atoms with Gasteiger partial charge in [-0.25, -0.2) is 0 Å². The number of nitrogens with zero attached hydrogens (tertiary/aromatic N) is 4. The van der Waals surface area contributed by atoms with Gasteiger partial charge in [-0.15, -0.1) is 24.0 Å². The Balaban J connectivity index is 0.00000341. The van der Waals surface area contributed by atoms with Crippen molar-refractivity contribution in [1.29, 1.82) is 0 Å². The molecule has 180 valence electrons. The Bertz CT molecular complexity index is 595. The lowest BCUT2D eigenvalue weighted by atomic mass is 9.78. The molecule has 0 aliphatic carbocycles. The van der Waals surface area contributed by atoms with Crippen LogP contribution >= 0.6 is 24.0 Å². The normalized spacial score (nSPS) is 27.1. The van der Waals surface area contributed by atoms with E-state index in [0.29, 0.717) is 11.8 Å². The summed E-state index contributed by atoms with van der Waals surface area (Å²) in [5.41, 5.74) is 0.153. The number of piperazine rings is 1. The monoisotopic (exact) mass is 549 g/mol. The molecule has 0 bridgehead atoms. The zero-order chi connectivity index (χ0) is 21.7. The highest BCUT2D eigenvalue weighted by Gasteiger charge is 2.36. The van der Waals surface area contributed by atoms with Crippen LogP contribution in [0.4, 0.5) is 0 Å². The fraction of sp³-hybridized carbons (Fsp3) is 0.913. The summed E-state index contributed by atoms with van der Waals surface area (Å²) >= 11 is 0. The lowest BCUT2D eigenvalue weighted by Gasteiger charge is -2.42. The third-order valence-corrected chi connectivity index (χ3v) is 6.97. The Kier molecular flexibility index (Phi) is 10.3. The minimum atomic E-state index is -0.0212. The van der Waals surface area contributed by atoms with Crippen LogP contribution in [0, 0.1) is 11.3 Å². The van der Waals surface area contributed by atoms with E-state index in [4.69, 9.17) is 4.74 Å². The number of carbonyl (C=O) groups excluding carboxylic acids is 1. The van der Waals surface area contributed by atoms with E-state index < -0.39 is 0 Å². The first kappa shape index (κ1) is 26.6.